The number of likely N-dealkylation sites (N-methyl/N-ethyl adjacent to an activating group) is 1. The van der Waals surface area contributed by atoms with Crippen molar-refractivity contribution in [1.82, 2.24) is 9.47 Å². The molecular formula is C21H23ClFN3O. The Morgan fingerprint density at radius 2 is 1.85 bits per heavy atom. The third kappa shape index (κ3) is 3.70. The molecule has 27 heavy (non-hydrogen) atoms. The molecule has 0 radical (unpaired) electrons. The third-order valence-corrected chi connectivity index (χ3v) is 5.18. The summed E-state index contributed by atoms with van der Waals surface area (Å²) < 4.78 is 16.1. The molecule has 0 bridgehead atoms. The lowest BCUT2D eigenvalue weighted by Crippen LogP contribution is -2.32. The van der Waals surface area contributed by atoms with Crippen LogP contribution in [-0.4, -0.2) is 29.1 Å². The van der Waals surface area contributed by atoms with Crippen LogP contribution in [0.2, 0.25) is 5.02 Å². The molecule has 0 aliphatic rings. The van der Waals surface area contributed by atoms with Crippen LogP contribution in [-0.2, 0) is 6.54 Å². The lowest BCUT2D eigenvalue weighted by molar-refractivity contribution is 0.291. The number of hydrogen-bond donors (Lipinski definition) is 1. The fourth-order valence-electron chi connectivity index (χ4n) is 3.41. The summed E-state index contributed by atoms with van der Waals surface area (Å²) in [5.74, 6) is -0.425. The van der Waals surface area contributed by atoms with E-state index in [1.54, 1.807) is 41.0 Å². The third-order valence-electron chi connectivity index (χ3n) is 4.94. The number of nitrogens with two attached hydrogens (primary N) is 1. The zero-order chi connectivity index (χ0) is 19.6. The molecule has 2 N–H and O–H groups in total. The molecule has 0 spiro atoms. The monoisotopic (exact) mass is 387 g/mol. The van der Waals surface area contributed by atoms with Crippen LogP contribution in [0.4, 0.5) is 10.1 Å². The summed E-state index contributed by atoms with van der Waals surface area (Å²) in [7, 11) is 0. The van der Waals surface area contributed by atoms with Crippen LogP contribution in [0, 0.1) is 5.82 Å². The van der Waals surface area contributed by atoms with E-state index in [-0.39, 0.29) is 11.2 Å². The number of nitrogen functional groups attached to an aromatic ring is 1. The van der Waals surface area contributed by atoms with E-state index in [4.69, 9.17) is 17.3 Å². The van der Waals surface area contributed by atoms with Gasteiger partial charge >= 0.3 is 0 Å². The van der Waals surface area contributed by atoms with Crippen molar-refractivity contribution in [3.63, 3.8) is 0 Å². The van der Waals surface area contributed by atoms with Gasteiger partial charge in [-0.05, 0) is 37.4 Å². The lowest BCUT2D eigenvalue weighted by Gasteiger charge is -2.21. The maximum absolute atomic E-state index is 14.5. The first-order chi connectivity index (χ1) is 13.0. The van der Waals surface area contributed by atoms with E-state index >= 15 is 0 Å². The second kappa shape index (κ2) is 8.11. The average molecular weight is 388 g/mol. The van der Waals surface area contributed by atoms with Crippen molar-refractivity contribution in [2.75, 3.05) is 25.4 Å². The molecule has 0 fully saturated rings. The van der Waals surface area contributed by atoms with E-state index in [2.05, 4.69) is 18.7 Å². The first kappa shape index (κ1) is 19.4. The fourth-order valence-corrected chi connectivity index (χ4v) is 3.58. The van der Waals surface area contributed by atoms with Crippen LogP contribution < -0.4 is 11.3 Å². The summed E-state index contributed by atoms with van der Waals surface area (Å²) >= 11 is 6.20. The Balaban J connectivity index is 2.26. The molecule has 2 aromatic carbocycles. The molecule has 0 saturated heterocycles. The fraction of sp³-hybridized carbons (Fsp3) is 0.286. The highest BCUT2D eigenvalue weighted by molar-refractivity contribution is 6.31. The minimum Gasteiger partial charge on any atom is -0.394 e. The molecule has 3 aromatic rings. The van der Waals surface area contributed by atoms with Crippen molar-refractivity contribution in [3.8, 4) is 11.1 Å². The van der Waals surface area contributed by atoms with Crippen molar-refractivity contribution < 1.29 is 4.39 Å². The van der Waals surface area contributed by atoms with Gasteiger partial charge in [-0.15, -0.1) is 0 Å². The summed E-state index contributed by atoms with van der Waals surface area (Å²) in [4.78, 5) is 15.3. The number of rotatable bonds is 6. The largest absolute Gasteiger partial charge is 0.394 e. The number of benzene rings is 2. The lowest BCUT2D eigenvalue weighted by atomic mass is 9.98. The van der Waals surface area contributed by atoms with E-state index < -0.39 is 5.82 Å². The molecule has 4 nitrogen and oxygen atoms in total. The summed E-state index contributed by atoms with van der Waals surface area (Å²) in [5, 5.41) is 1.18. The van der Waals surface area contributed by atoms with Gasteiger partial charge < -0.3 is 15.2 Å². The van der Waals surface area contributed by atoms with Crippen LogP contribution >= 0.6 is 11.6 Å². The second-order valence-corrected chi connectivity index (χ2v) is 6.85. The van der Waals surface area contributed by atoms with E-state index in [9.17, 15) is 9.18 Å². The second-order valence-electron chi connectivity index (χ2n) is 6.41. The van der Waals surface area contributed by atoms with E-state index in [1.165, 1.54) is 6.07 Å². The van der Waals surface area contributed by atoms with Gasteiger partial charge in [0.1, 0.15) is 11.5 Å². The SMILES string of the molecule is CCN(CC)CCn1c(=O)c(N)c(-c2ccccc2F)c2cc(Cl)ccc21. The Morgan fingerprint density at radius 3 is 2.52 bits per heavy atom. The van der Waals surface area contributed by atoms with Gasteiger partial charge in [0.05, 0.1) is 5.52 Å². The van der Waals surface area contributed by atoms with Crippen molar-refractivity contribution in [1.29, 1.82) is 0 Å². The molecule has 0 unspecified atom stereocenters. The summed E-state index contributed by atoms with van der Waals surface area (Å²) in [5.41, 5.74) is 7.34. The highest BCUT2D eigenvalue weighted by atomic mass is 35.5. The van der Waals surface area contributed by atoms with Gasteiger partial charge in [0, 0.05) is 34.6 Å². The smallest absolute Gasteiger partial charge is 0.274 e. The number of halogens is 2. The van der Waals surface area contributed by atoms with Crippen molar-refractivity contribution in [2.24, 2.45) is 0 Å². The summed E-state index contributed by atoms with van der Waals surface area (Å²) in [6.07, 6.45) is 0. The van der Waals surface area contributed by atoms with E-state index in [1.807, 2.05) is 0 Å². The Hall–Kier alpha value is -2.37. The molecule has 142 valence electrons. The van der Waals surface area contributed by atoms with Gasteiger partial charge in [-0.25, -0.2) is 4.39 Å². The maximum atomic E-state index is 14.5. The van der Waals surface area contributed by atoms with Gasteiger partial charge in [-0.3, -0.25) is 4.79 Å². The quantitative estimate of drug-likeness (QED) is 0.682. The van der Waals surface area contributed by atoms with Crippen LogP contribution in [0.3, 0.4) is 0 Å². The average Bonchev–Trinajstić information content (AvgIpc) is 2.66. The number of hydrogen-bond acceptors (Lipinski definition) is 3. The minimum atomic E-state index is -0.425. The molecule has 6 heteroatoms. The molecule has 0 amide bonds. The van der Waals surface area contributed by atoms with Crippen LogP contribution in [0.1, 0.15) is 13.8 Å². The summed E-state index contributed by atoms with van der Waals surface area (Å²) in [6.45, 7) is 7.19. The number of pyridine rings is 1. The first-order valence-electron chi connectivity index (χ1n) is 9.06. The van der Waals surface area contributed by atoms with Gasteiger partial charge in [-0.1, -0.05) is 43.6 Å². The Kier molecular flexibility index (Phi) is 5.82. The Bertz CT molecular complexity index is 1030. The molecule has 0 atom stereocenters. The van der Waals surface area contributed by atoms with Gasteiger partial charge in [0.25, 0.3) is 5.56 Å². The summed E-state index contributed by atoms with van der Waals surface area (Å²) in [6, 6.07) is 11.6. The molecule has 3 rings (SSSR count). The Morgan fingerprint density at radius 1 is 1.15 bits per heavy atom. The number of fused-ring (bicyclic) bond motifs is 1. The first-order valence-corrected chi connectivity index (χ1v) is 9.44. The molecule has 1 aromatic heterocycles. The van der Waals surface area contributed by atoms with Crippen LogP contribution in [0.25, 0.3) is 22.0 Å². The molecule has 0 aliphatic heterocycles. The maximum Gasteiger partial charge on any atom is 0.274 e. The molecule has 0 saturated carbocycles. The van der Waals surface area contributed by atoms with Crippen LogP contribution in [0.15, 0.2) is 47.3 Å². The van der Waals surface area contributed by atoms with Crippen molar-refractivity contribution in [2.45, 2.75) is 20.4 Å². The van der Waals surface area contributed by atoms with Crippen molar-refractivity contribution >= 4 is 28.2 Å². The van der Waals surface area contributed by atoms with Crippen molar-refractivity contribution in [3.05, 3.63) is 63.7 Å². The molecule has 1 heterocycles. The normalized spacial score (nSPS) is 11.4. The Labute approximate surface area is 163 Å². The zero-order valence-corrected chi connectivity index (χ0v) is 16.3. The highest BCUT2D eigenvalue weighted by Crippen LogP contribution is 2.34. The highest BCUT2D eigenvalue weighted by Gasteiger charge is 2.19. The predicted molar refractivity (Wildman–Crippen MR) is 111 cm³/mol. The predicted octanol–water partition coefficient (Wildman–Crippen LogP) is 4.39. The number of aromatic nitrogens is 1. The standard InChI is InChI=1S/C21H23ClFN3O/c1-3-25(4-2)11-12-26-18-10-9-14(22)13-16(18)19(20(24)21(26)27)15-7-5-6-8-17(15)23/h5-10,13H,3-4,11-12,24H2,1-2H3. The van der Waals surface area contributed by atoms with E-state index in [0.717, 1.165) is 19.6 Å². The van der Waals surface area contributed by atoms with Gasteiger partial charge in [-0.2, -0.15) is 0 Å². The number of nitrogens with zero attached hydrogens (tertiary/aromatic N) is 2. The van der Waals surface area contributed by atoms with Gasteiger partial charge in [0.2, 0.25) is 0 Å². The molecular weight excluding hydrogens is 365 g/mol. The topological polar surface area (TPSA) is 51.3 Å². The van der Waals surface area contributed by atoms with E-state index in [0.29, 0.717) is 33.6 Å². The minimum absolute atomic E-state index is 0.0365. The van der Waals surface area contributed by atoms with Crippen LogP contribution in [0.5, 0.6) is 0 Å². The molecule has 0 aliphatic carbocycles. The van der Waals surface area contributed by atoms with Gasteiger partial charge in [0.15, 0.2) is 0 Å². The zero-order valence-electron chi connectivity index (χ0n) is 15.5. The number of anilines is 1.